The fourth-order valence-electron chi connectivity index (χ4n) is 2.53. The molecule has 18 heavy (non-hydrogen) atoms. The minimum absolute atomic E-state index is 0.209. The van der Waals surface area contributed by atoms with Crippen molar-refractivity contribution in [3.05, 3.63) is 64.7 Å². The lowest BCUT2D eigenvalue weighted by Crippen LogP contribution is -2.15. The molecule has 2 aromatic rings. The van der Waals surface area contributed by atoms with E-state index in [1.54, 1.807) is 0 Å². The maximum Gasteiger partial charge on any atom is 0.124 e. The summed E-state index contributed by atoms with van der Waals surface area (Å²) < 4.78 is 6.11. The summed E-state index contributed by atoms with van der Waals surface area (Å²) in [4.78, 5) is 0. The van der Waals surface area contributed by atoms with Gasteiger partial charge in [-0.15, -0.1) is 0 Å². The molecule has 0 saturated carbocycles. The van der Waals surface area contributed by atoms with Gasteiger partial charge in [0, 0.05) is 0 Å². The van der Waals surface area contributed by atoms with Gasteiger partial charge in [0.2, 0.25) is 0 Å². The summed E-state index contributed by atoms with van der Waals surface area (Å²) in [7, 11) is 0. The van der Waals surface area contributed by atoms with Gasteiger partial charge in [0.05, 0.1) is 0 Å². The first kappa shape index (κ1) is 11.3. The summed E-state index contributed by atoms with van der Waals surface area (Å²) in [5.74, 6) is 1.05. The van der Waals surface area contributed by atoms with Crippen LogP contribution in [-0.4, -0.2) is 0 Å². The average Bonchev–Trinajstić information content (AvgIpc) is 2.39. The Morgan fingerprint density at radius 2 is 1.67 bits per heavy atom. The van der Waals surface area contributed by atoms with Crippen LogP contribution >= 0.6 is 0 Å². The quantitative estimate of drug-likeness (QED) is 0.716. The summed E-state index contributed by atoms with van der Waals surface area (Å²) in [6.07, 6.45) is 2.38. The molecule has 3 rings (SSSR count). The second kappa shape index (κ2) is 4.49. The maximum atomic E-state index is 6.11. The summed E-state index contributed by atoms with van der Waals surface area (Å²) in [6, 6.07) is 15.1. The van der Waals surface area contributed by atoms with Crippen molar-refractivity contribution in [3.8, 4) is 5.75 Å². The van der Waals surface area contributed by atoms with Gasteiger partial charge < -0.3 is 4.74 Å². The normalized spacial score (nSPS) is 18.0. The van der Waals surface area contributed by atoms with Crippen LogP contribution in [0.2, 0.25) is 0 Å². The zero-order chi connectivity index (χ0) is 12.5. The largest absolute Gasteiger partial charge is 0.485 e. The highest BCUT2D eigenvalue weighted by atomic mass is 16.5. The molecule has 2 aromatic carbocycles. The predicted octanol–water partition coefficient (Wildman–Crippen LogP) is 4.37. The van der Waals surface area contributed by atoms with Gasteiger partial charge in [-0.25, -0.2) is 0 Å². The van der Waals surface area contributed by atoms with Crippen molar-refractivity contribution in [1.29, 1.82) is 0 Å². The number of ether oxygens (including phenoxy) is 1. The highest BCUT2D eigenvalue weighted by Crippen LogP contribution is 2.35. The lowest BCUT2D eigenvalue weighted by Gasteiger charge is -2.26. The van der Waals surface area contributed by atoms with Crippen LogP contribution in [0.5, 0.6) is 5.75 Å². The van der Waals surface area contributed by atoms with Crippen molar-refractivity contribution in [2.24, 2.45) is 0 Å². The minimum Gasteiger partial charge on any atom is -0.485 e. The van der Waals surface area contributed by atoms with Crippen LogP contribution in [0.15, 0.2) is 42.5 Å². The van der Waals surface area contributed by atoms with Gasteiger partial charge in [-0.3, -0.25) is 0 Å². The Bertz CT molecular complexity index is 554. The van der Waals surface area contributed by atoms with E-state index in [0.29, 0.717) is 0 Å². The van der Waals surface area contributed by atoms with E-state index >= 15 is 0 Å². The Labute approximate surface area is 108 Å². The van der Waals surface area contributed by atoms with Crippen molar-refractivity contribution < 1.29 is 4.74 Å². The van der Waals surface area contributed by atoms with Crippen molar-refractivity contribution >= 4 is 0 Å². The van der Waals surface area contributed by atoms with E-state index in [2.05, 4.69) is 56.3 Å². The molecule has 1 aliphatic rings. The predicted molar refractivity (Wildman–Crippen MR) is 74.0 cm³/mol. The zero-order valence-electron chi connectivity index (χ0n) is 10.9. The third-order valence-electron chi connectivity index (χ3n) is 3.61. The average molecular weight is 238 g/mol. The third kappa shape index (κ3) is 2.13. The molecule has 0 aromatic heterocycles. The molecule has 0 saturated heterocycles. The molecule has 0 fully saturated rings. The number of fused-ring (bicyclic) bond motifs is 1. The van der Waals surface area contributed by atoms with Crippen LogP contribution in [0, 0.1) is 13.8 Å². The fraction of sp³-hybridized carbons (Fsp3) is 0.294. The Balaban J connectivity index is 1.86. The first-order valence-corrected chi connectivity index (χ1v) is 6.55. The van der Waals surface area contributed by atoms with Gasteiger partial charge >= 0.3 is 0 Å². The third-order valence-corrected chi connectivity index (χ3v) is 3.61. The van der Waals surface area contributed by atoms with E-state index in [4.69, 9.17) is 4.74 Å². The van der Waals surface area contributed by atoms with Gasteiger partial charge in [0.1, 0.15) is 11.9 Å². The van der Waals surface area contributed by atoms with Gasteiger partial charge in [-0.05, 0) is 43.9 Å². The SMILES string of the molecule is Cc1ccc(C2CCc3cc(C)ccc3O2)cc1. The van der Waals surface area contributed by atoms with Crippen molar-refractivity contribution in [3.63, 3.8) is 0 Å². The molecule has 0 amide bonds. The highest BCUT2D eigenvalue weighted by Gasteiger charge is 2.20. The molecule has 1 aliphatic heterocycles. The second-order valence-corrected chi connectivity index (χ2v) is 5.17. The van der Waals surface area contributed by atoms with Gasteiger partial charge in [-0.2, -0.15) is 0 Å². The number of hydrogen-bond donors (Lipinski definition) is 0. The molecule has 92 valence electrons. The molecular weight excluding hydrogens is 220 g/mol. The molecule has 0 bridgehead atoms. The van der Waals surface area contributed by atoms with Crippen LogP contribution in [0.25, 0.3) is 0 Å². The molecular formula is C17H18O. The zero-order valence-corrected chi connectivity index (χ0v) is 10.9. The lowest BCUT2D eigenvalue weighted by atomic mass is 9.96. The molecule has 1 unspecified atom stereocenters. The Morgan fingerprint density at radius 3 is 2.44 bits per heavy atom. The molecule has 0 aliphatic carbocycles. The molecule has 0 radical (unpaired) electrons. The van der Waals surface area contributed by atoms with E-state index in [9.17, 15) is 0 Å². The first-order chi connectivity index (χ1) is 8.72. The van der Waals surface area contributed by atoms with Crippen LogP contribution in [-0.2, 0) is 6.42 Å². The van der Waals surface area contributed by atoms with Crippen molar-refractivity contribution in [1.82, 2.24) is 0 Å². The summed E-state index contributed by atoms with van der Waals surface area (Å²) >= 11 is 0. The topological polar surface area (TPSA) is 9.23 Å². The summed E-state index contributed by atoms with van der Waals surface area (Å²) in [6.45, 7) is 4.25. The number of aryl methyl sites for hydroxylation is 3. The molecule has 1 heteroatoms. The summed E-state index contributed by atoms with van der Waals surface area (Å²) in [5.41, 5.74) is 5.24. The second-order valence-electron chi connectivity index (χ2n) is 5.17. The molecule has 1 atom stereocenters. The van der Waals surface area contributed by atoms with Crippen LogP contribution in [0.1, 0.15) is 34.8 Å². The first-order valence-electron chi connectivity index (χ1n) is 6.55. The van der Waals surface area contributed by atoms with Crippen molar-refractivity contribution in [2.45, 2.75) is 32.8 Å². The molecule has 0 spiro atoms. The fourth-order valence-corrected chi connectivity index (χ4v) is 2.53. The van der Waals surface area contributed by atoms with E-state index in [1.807, 2.05) is 0 Å². The molecule has 1 heterocycles. The maximum absolute atomic E-state index is 6.11. The summed E-state index contributed by atoms with van der Waals surface area (Å²) in [5, 5.41) is 0. The van der Waals surface area contributed by atoms with Gasteiger partial charge in [0.25, 0.3) is 0 Å². The number of rotatable bonds is 1. The highest BCUT2D eigenvalue weighted by molar-refractivity contribution is 5.39. The Morgan fingerprint density at radius 1 is 0.944 bits per heavy atom. The van der Waals surface area contributed by atoms with E-state index in [0.717, 1.165) is 18.6 Å². The van der Waals surface area contributed by atoms with E-state index in [1.165, 1.54) is 22.3 Å². The Hall–Kier alpha value is -1.76. The van der Waals surface area contributed by atoms with Crippen LogP contribution in [0.4, 0.5) is 0 Å². The lowest BCUT2D eigenvalue weighted by molar-refractivity contribution is 0.176. The van der Waals surface area contributed by atoms with E-state index < -0.39 is 0 Å². The smallest absolute Gasteiger partial charge is 0.124 e. The Kier molecular flexibility index (Phi) is 2.83. The van der Waals surface area contributed by atoms with Crippen LogP contribution in [0.3, 0.4) is 0 Å². The number of hydrogen-bond acceptors (Lipinski definition) is 1. The van der Waals surface area contributed by atoms with Gasteiger partial charge in [0.15, 0.2) is 0 Å². The monoisotopic (exact) mass is 238 g/mol. The van der Waals surface area contributed by atoms with Crippen molar-refractivity contribution in [2.75, 3.05) is 0 Å². The minimum atomic E-state index is 0.209. The van der Waals surface area contributed by atoms with E-state index in [-0.39, 0.29) is 6.10 Å². The standard InChI is InChI=1S/C17H18O/c1-12-3-6-14(7-4-12)16-10-8-15-11-13(2)5-9-17(15)18-16/h3-7,9,11,16H,8,10H2,1-2H3. The number of benzene rings is 2. The van der Waals surface area contributed by atoms with Crippen LogP contribution < -0.4 is 4.74 Å². The molecule has 1 nitrogen and oxygen atoms in total. The molecule has 0 N–H and O–H groups in total. The van der Waals surface area contributed by atoms with Gasteiger partial charge in [-0.1, -0.05) is 47.5 Å².